The van der Waals surface area contributed by atoms with Crippen LogP contribution in [0.3, 0.4) is 0 Å². The summed E-state index contributed by atoms with van der Waals surface area (Å²) in [7, 11) is 2.11. The molecule has 1 aromatic heterocycles. The molecule has 0 fully saturated rings. The summed E-state index contributed by atoms with van der Waals surface area (Å²) >= 11 is 0. The van der Waals surface area contributed by atoms with Crippen molar-refractivity contribution >= 4 is 0 Å². The minimum atomic E-state index is 1.18. The molecule has 0 radical (unpaired) electrons. The second kappa shape index (κ2) is 8.32. The van der Waals surface area contributed by atoms with Gasteiger partial charge in [0.05, 0.1) is 13.6 Å². The third-order valence-corrected chi connectivity index (χ3v) is 3.65. The fraction of sp³-hybridized carbons (Fsp3) is 0.800. The van der Waals surface area contributed by atoms with Gasteiger partial charge in [0, 0.05) is 6.92 Å². The molecule has 17 heavy (non-hydrogen) atoms. The number of hydrogen-bond acceptors (Lipinski definition) is 0. The minimum absolute atomic E-state index is 1.18. The van der Waals surface area contributed by atoms with Crippen LogP contribution in [0.25, 0.3) is 0 Å². The summed E-state index contributed by atoms with van der Waals surface area (Å²) in [6, 6.07) is 0. The van der Waals surface area contributed by atoms with Gasteiger partial charge in [0.15, 0.2) is 0 Å². The number of aromatic nitrogens is 2. The van der Waals surface area contributed by atoms with E-state index < -0.39 is 0 Å². The van der Waals surface area contributed by atoms with Crippen molar-refractivity contribution in [2.45, 2.75) is 71.8 Å². The van der Waals surface area contributed by atoms with E-state index in [1.807, 2.05) is 0 Å². The topological polar surface area (TPSA) is 8.81 Å². The summed E-state index contributed by atoms with van der Waals surface area (Å²) < 4.78 is 4.54. The van der Waals surface area contributed by atoms with Gasteiger partial charge < -0.3 is 0 Å². The van der Waals surface area contributed by atoms with Gasteiger partial charge in [-0.2, -0.15) is 0 Å². The van der Waals surface area contributed by atoms with E-state index >= 15 is 0 Å². The Morgan fingerprint density at radius 3 is 2.12 bits per heavy atom. The number of imidazole rings is 1. The molecule has 0 saturated heterocycles. The van der Waals surface area contributed by atoms with Crippen molar-refractivity contribution < 1.29 is 4.57 Å². The van der Waals surface area contributed by atoms with Gasteiger partial charge in [0.25, 0.3) is 5.82 Å². The van der Waals surface area contributed by atoms with Gasteiger partial charge in [-0.15, -0.1) is 0 Å². The van der Waals surface area contributed by atoms with Gasteiger partial charge >= 0.3 is 0 Å². The lowest BCUT2D eigenvalue weighted by atomic mass is 10.1. The summed E-state index contributed by atoms with van der Waals surface area (Å²) in [6.07, 6.45) is 15.5. The molecule has 1 heterocycles. The molecule has 0 unspecified atom stereocenters. The maximum Gasteiger partial charge on any atom is 0.253 e. The van der Waals surface area contributed by atoms with Crippen LogP contribution in [0.15, 0.2) is 12.4 Å². The molecule has 98 valence electrons. The average Bonchev–Trinajstić information content (AvgIpc) is 2.64. The first-order valence-electron chi connectivity index (χ1n) is 7.27. The van der Waals surface area contributed by atoms with Crippen molar-refractivity contribution in [3.63, 3.8) is 0 Å². The Bertz CT molecular complexity index is 302. The van der Waals surface area contributed by atoms with Gasteiger partial charge in [-0.1, -0.05) is 45.4 Å². The number of unbranched alkanes of at least 4 members (excludes halogenated alkanes) is 7. The average molecular weight is 237 g/mol. The standard InChI is InChI=1S/C15H29N2/c1-4-5-6-7-8-9-10-11-12-17-14-13-16(3)15(17)2/h13-14H,4-12H2,1-3H3/q+1. The van der Waals surface area contributed by atoms with E-state index in [9.17, 15) is 0 Å². The molecule has 0 amide bonds. The Kier molecular flexibility index (Phi) is 6.99. The molecule has 1 aromatic rings. The second-order valence-electron chi connectivity index (χ2n) is 5.12. The van der Waals surface area contributed by atoms with Crippen LogP contribution in [-0.4, -0.2) is 4.57 Å². The summed E-state index contributed by atoms with van der Waals surface area (Å²) in [5, 5.41) is 0. The SMILES string of the molecule is CCCCCCCCCCn1cc[n+](C)c1C. The van der Waals surface area contributed by atoms with Crippen molar-refractivity contribution in [1.29, 1.82) is 0 Å². The normalized spacial score (nSPS) is 11.0. The molecule has 0 aliphatic rings. The minimum Gasteiger partial charge on any atom is -0.237 e. The van der Waals surface area contributed by atoms with Crippen LogP contribution < -0.4 is 4.57 Å². The van der Waals surface area contributed by atoms with Crippen molar-refractivity contribution in [3.8, 4) is 0 Å². The second-order valence-corrected chi connectivity index (χ2v) is 5.12. The monoisotopic (exact) mass is 237 g/mol. The highest BCUT2D eigenvalue weighted by molar-refractivity contribution is 4.78. The zero-order valence-electron chi connectivity index (χ0n) is 11.9. The fourth-order valence-electron chi connectivity index (χ4n) is 2.25. The molecular weight excluding hydrogens is 208 g/mol. The van der Waals surface area contributed by atoms with Crippen molar-refractivity contribution in [2.75, 3.05) is 0 Å². The molecule has 0 aromatic carbocycles. The number of aryl methyl sites for hydroxylation is 2. The first-order valence-corrected chi connectivity index (χ1v) is 7.27. The number of rotatable bonds is 9. The lowest BCUT2D eigenvalue weighted by Crippen LogP contribution is -2.29. The summed E-state index contributed by atoms with van der Waals surface area (Å²) in [5.74, 6) is 1.35. The molecule has 0 aliphatic carbocycles. The molecular formula is C15H29N2+. The van der Waals surface area contributed by atoms with Crippen molar-refractivity contribution in [2.24, 2.45) is 7.05 Å². The van der Waals surface area contributed by atoms with E-state index in [1.54, 1.807) is 0 Å². The Labute approximate surface area is 107 Å². The molecule has 0 aliphatic heterocycles. The third kappa shape index (κ3) is 5.38. The quantitative estimate of drug-likeness (QED) is 0.457. The van der Waals surface area contributed by atoms with E-state index in [1.165, 1.54) is 63.7 Å². The Balaban J connectivity index is 1.99. The zero-order chi connectivity index (χ0) is 12.5. The largest absolute Gasteiger partial charge is 0.253 e. The van der Waals surface area contributed by atoms with Crippen LogP contribution in [0.1, 0.15) is 64.1 Å². The molecule has 0 saturated carbocycles. The predicted molar refractivity (Wildman–Crippen MR) is 73.0 cm³/mol. The Hall–Kier alpha value is -0.790. The lowest BCUT2D eigenvalue weighted by molar-refractivity contribution is -0.677. The van der Waals surface area contributed by atoms with E-state index in [2.05, 4.69) is 42.4 Å². The fourth-order valence-corrected chi connectivity index (χ4v) is 2.25. The van der Waals surface area contributed by atoms with Gasteiger partial charge in [-0.05, 0) is 12.8 Å². The van der Waals surface area contributed by atoms with Gasteiger partial charge in [-0.25, -0.2) is 9.13 Å². The van der Waals surface area contributed by atoms with Crippen LogP contribution >= 0.6 is 0 Å². The highest BCUT2D eigenvalue weighted by Gasteiger charge is 2.07. The Morgan fingerprint density at radius 1 is 1.00 bits per heavy atom. The number of nitrogens with zero attached hydrogens (tertiary/aromatic N) is 2. The molecule has 2 heteroatoms. The first kappa shape index (κ1) is 14.3. The first-order chi connectivity index (χ1) is 8.25. The zero-order valence-corrected chi connectivity index (χ0v) is 11.9. The van der Waals surface area contributed by atoms with Crippen LogP contribution in [0.5, 0.6) is 0 Å². The van der Waals surface area contributed by atoms with E-state index in [0.717, 1.165) is 0 Å². The molecule has 1 rings (SSSR count). The summed E-state index contributed by atoms with van der Waals surface area (Å²) in [4.78, 5) is 0. The molecule has 0 N–H and O–H groups in total. The third-order valence-electron chi connectivity index (χ3n) is 3.65. The van der Waals surface area contributed by atoms with Crippen molar-refractivity contribution in [1.82, 2.24) is 4.57 Å². The highest BCUT2D eigenvalue weighted by atomic mass is 15.1. The molecule has 0 atom stereocenters. The number of hydrogen-bond donors (Lipinski definition) is 0. The van der Waals surface area contributed by atoms with E-state index in [0.29, 0.717) is 0 Å². The van der Waals surface area contributed by atoms with E-state index in [4.69, 9.17) is 0 Å². The van der Waals surface area contributed by atoms with Gasteiger partial charge in [0.2, 0.25) is 0 Å². The van der Waals surface area contributed by atoms with Crippen LogP contribution in [0, 0.1) is 6.92 Å². The van der Waals surface area contributed by atoms with Crippen LogP contribution in [0.2, 0.25) is 0 Å². The maximum absolute atomic E-state index is 2.36. The molecule has 2 nitrogen and oxygen atoms in total. The Morgan fingerprint density at radius 2 is 1.59 bits per heavy atom. The smallest absolute Gasteiger partial charge is 0.237 e. The molecule has 0 spiro atoms. The predicted octanol–water partition coefficient (Wildman–Crippen LogP) is 3.76. The lowest BCUT2D eigenvalue weighted by Gasteiger charge is -2.01. The highest BCUT2D eigenvalue weighted by Crippen LogP contribution is 2.09. The van der Waals surface area contributed by atoms with Crippen molar-refractivity contribution in [3.05, 3.63) is 18.2 Å². The summed E-state index contributed by atoms with van der Waals surface area (Å²) in [6.45, 7) is 5.64. The van der Waals surface area contributed by atoms with Crippen LogP contribution in [-0.2, 0) is 13.6 Å². The van der Waals surface area contributed by atoms with E-state index in [-0.39, 0.29) is 0 Å². The van der Waals surface area contributed by atoms with Gasteiger partial charge in [0.1, 0.15) is 12.4 Å². The molecule has 0 bridgehead atoms. The maximum atomic E-state index is 2.36. The van der Waals surface area contributed by atoms with Gasteiger partial charge in [-0.3, -0.25) is 0 Å². The summed E-state index contributed by atoms with van der Waals surface area (Å²) in [5.41, 5.74) is 0. The van der Waals surface area contributed by atoms with Crippen LogP contribution in [0.4, 0.5) is 0 Å².